The highest BCUT2D eigenvalue weighted by Gasteiger charge is 2.16. The highest BCUT2D eigenvalue weighted by Crippen LogP contribution is 2.25. The molecule has 0 aliphatic rings. The van der Waals surface area contributed by atoms with Gasteiger partial charge in [0.1, 0.15) is 0 Å². The van der Waals surface area contributed by atoms with Gasteiger partial charge in [0, 0.05) is 0 Å². The quantitative estimate of drug-likeness (QED) is 0.632. The molecule has 0 bridgehead atoms. The topological polar surface area (TPSA) is 26.0 Å². The van der Waals surface area contributed by atoms with Gasteiger partial charge in [0.05, 0.1) is 0 Å². The van der Waals surface area contributed by atoms with Crippen LogP contribution in [0.1, 0.15) is 59.8 Å². The highest BCUT2D eigenvalue weighted by atomic mass is 14.6. The van der Waals surface area contributed by atoms with Crippen LogP contribution in [0, 0.1) is 17.8 Å². The third kappa shape index (κ3) is 5.64. The number of nitrogens with two attached hydrogens (primary N) is 1. The van der Waals surface area contributed by atoms with E-state index in [-0.39, 0.29) is 0 Å². The second kappa shape index (κ2) is 8.28. The van der Waals surface area contributed by atoms with E-state index in [1.165, 1.54) is 32.1 Å². The van der Waals surface area contributed by atoms with Crippen molar-refractivity contribution in [2.75, 3.05) is 6.54 Å². The Bertz CT molecular complexity index is 120. The van der Waals surface area contributed by atoms with Gasteiger partial charge in [0.25, 0.3) is 0 Å². The molecule has 0 aromatic carbocycles. The van der Waals surface area contributed by atoms with Gasteiger partial charge < -0.3 is 5.73 Å². The van der Waals surface area contributed by atoms with Crippen molar-refractivity contribution in [2.24, 2.45) is 23.5 Å². The Hall–Kier alpha value is -0.0400. The lowest BCUT2D eigenvalue weighted by atomic mass is 9.83. The maximum atomic E-state index is 5.81. The summed E-state index contributed by atoms with van der Waals surface area (Å²) in [5.74, 6) is 2.39. The summed E-state index contributed by atoms with van der Waals surface area (Å²) in [6.07, 6.45) is 6.77. The van der Waals surface area contributed by atoms with Gasteiger partial charge in [-0.25, -0.2) is 0 Å². The second-order valence-corrected chi connectivity index (χ2v) is 4.89. The third-order valence-electron chi connectivity index (χ3n) is 3.42. The van der Waals surface area contributed by atoms with Crippen molar-refractivity contribution in [1.82, 2.24) is 0 Å². The Morgan fingerprint density at radius 3 is 2.14 bits per heavy atom. The molecule has 14 heavy (non-hydrogen) atoms. The van der Waals surface area contributed by atoms with Crippen LogP contribution in [0.3, 0.4) is 0 Å². The smallest absolute Gasteiger partial charge is 0.00463 e. The summed E-state index contributed by atoms with van der Waals surface area (Å²) in [5.41, 5.74) is 5.81. The van der Waals surface area contributed by atoms with Crippen molar-refractivity contribution in [1.29, 1.82) is 0 Å². The largest absolute Gasteiger partial charge is 0.330 e. The summed E-state index contributed by atoms with van der Waals surface area (Å²) in [6, 6.07) is 0. The molecule has 0 heterocycles. The molecule has 0 rings (SSSR count). The molecule has 0 amide bonds. The van der Waals surface area contributed by atoms with Crippen LogP contribution in [0.15, 0.2) is 0 Å². The Kier molecular flexibility index (Phi) is 8.26. The first kappa shape index (κ1) is 14.0. The fourth-order valence-electron chi connectivity index (χ4n) is 2.05. The zero-order valence-corrected chi connectivity index (χ0v) is 10.6. The maximum Gasteiger partial charge on any atom is -0.00463 e. The summed E-state index contributed by atoms with van der Waals surface area (Å²) in [4.78, 5) is 0. The fraction of sp³-hybridized carbons (Fsp3) is 1.00. The maximum absolute atomic E-state index is 5.81. The molecule has 0 saturated carbocycles. The normalized spacial score (nSPS) is 15.9. The number of hydrogen-bond acceptors (Lipinski definition) is 1. The van der Waals surface area contributed by atoms with Crippen molar-refractivity contribution in [2.45, 2.75) is 59.8 Å². The first-order chi connectivity index (χ1) is 6.65. The summed E-state index contributed by atoms with van der Waals surface area (Å²) in [6.45, 7) is 10.0. The van der Waals surface area contributed by atoms with Gasteiger partial charge in [-0.2, -0.15) is 0 Å². The lowest BCUT2D eigenvalue weighted by molar-refractivity contribution is 0.283. The molecule has 0 spiro atoms. The molecule has 0 aliphatic carbocycles. The van der Waals surface area contributed by atoms with Crippen LogP contribution in [0.5, 0.6) is 0 Å². The van der Waals surface area contributed by atoms with E-state index in [9.17, 15) is 0 Å². The lowest BCUT2D eigenvalue weighted by Crippen LogP contribution is -2.22. The molecular formula is C13H29N. The minimum atomic E-state index is 0.733. The summed E-state index contributed by atoms with van der Waals surface area (Å²) < 4.78 is 0. The molecule has 1 heteroatoms. The zero-order chi connectivity index (χ0) is 11.0. The molecule has 0 aromatic rings. The van der Waals surface area contributed by atoms with Gasteiger partial charge in [-0.05, 0) is 30.7 Å². The van der Waals surface area contributed by atoms with Crippen LogP contribution in [-0.2, 0) is 0 Å². The first-order valence-electron chi connectivity index (χ1n) is 6.35. The van der Waals surface area contributed by atoms with E-state index in [1.807, 2.05) is 0 Å². The molecule has 2 unspecified atom stereocenters. The molecule has 0 fully saturated rings. The average Bonchev–Trinajstić information content (AvgIpc) is 2.18. The standard InChI is InChI=1S/C13H29N/c1-5-7-8-12(6-2)9-13(10-14)11(3)4/h11-13H,5-10,14H2,1-4H3. The molecule has 2 N–H and O–H groups in total. The van der Waals surface area contributed by atoms with Crippen LogP contribution in [0.25, 0.3) is 0 Å². The highest BCUT2D eigenvalue weighted by molar-refractivity contribution is 4.69. The summed E-state index contributed by atoms with van der Waals surface area (Å²) in [5, 5.41) is 0. The Morgan fingerprint density at radius 2 is 1.79 bits per heavy atom. The fourth-order valence-corrected chi connectivity index (χ4v) is 2.05. The second-order valence-electron chi connectivity index (χ2n) is 4.89. The van der Waals surface area contributed by atoms with Crippen LogP contribution in [0.4, 0.5) is 0 Å². The van der Waals surface area contributed by atoms with Crippen LogP contribution in [0.2, 0.25) is 0 Å². The van der Waals surface area contributed by atoms with Crippen LogP contribution >= 0.6 is 0 Å². The van der Waals surface area contributed by atoms with E-state index in [0.29, 0.717) is 0 Å². The molecule has 0 saturated heterocycles. The minimum absolute atomic E-state index is 0.733. The average molecular weight is 199 g/mol. The van der Waals surface area contributed by atoms with Gasteiger partial charge in [0.15, 0.2) is 0 Å². The lowest BCUT2D eigenvalue weighted by Gasteiger charge is -2.24. The van der Waals surface area contributed by atoms with E-state index in [2.05, 4.69) is 27.7 Å². The molecule has 2 atom stereocenters. The van der Waals surface area contributed by atoms with Crippen molar-refractivity contribution >= 4 is 0 Å². The molecule has 0 aromatic heterocycles. The number of hydrogen-bond donors (Lipinski definition) is 1. The van der Waals surface area contributed by atoms with Gasteiger partial charge in [-0.1, -0.05) is 53.4 Å². The van der Waals surface area contributed by atoms with Crippen molar-refractivity contribution in [3.63, 3.8) is 0 Å². The van der Waals surface area contributed by atoms with Gasteiger partial charge in [-0.15, -0.1) is 0 Å². The third-order valence-corrected chi connectivity index (χ3v) is 3.42. The SMILES string of the molecule is CCCCC(CC)CC(CN)C(C)C. The predicted molar refractivity (Wildman–Crippen MR) is 65.3 cm³/mol. The molecule has 86 valence electrons. The Balaban J connectivity index is 3.87. The number of unbranched alkanes of at least 4 members (excludes halogenated alkanes) is 1. The van der Waals surface area contributed by atoms with E-state index < -0.39 is 0 Å². The van der Waals surface area contributed by atoms with Crippen LogP contribution in [-0.4, -0.2) is 6.54 Å². The predicted octanol–water partition coefficient (Wildman–Crippen LogP) is 3.82. The van der Waals surface area contributed by atoms with Crippen molar-refractivity contribution in [3.05, 3.63) is 0 Å². The molecule has 0 radical (unpaired) electrons. The molecule has 0 aliphatic heterocycles. The van der Waals surface area contributed by atoms with Crippen LogP contribution < -0.4 is 5.73 Å². The van der Waals surface area contributed by atoms with E-state index in [0.717, 1.165) is 24.3 Å². The molecular weight excluding hydrogens is 170 g/mol. The van der Waals surface area contributed by atoms with E-state index >= 15 is 0 Å². The van der Waals surface area contributed by atoms with Crippen molar-refractivity contribution in [3.8, 4) is 0 Å². The zero-order valence-electron chi connectivity index (χ0n) is 10.6. The van der Waals surface area contributed by atoms with Gasteiger partial charge in [0.2, 0.25) is 0 Å². The van der Waals surface area contributed by atoms with Gasteiger partial charge in [-0.3, -0.25) is 0 Å². The monoisotopic (exact) mass is 199 g/mol. The van der Waals surface area contributed by atoms with E-state index in [4.69, 9.17) is 5.73 Å². The number of rotatable bonds is 8. The Morgan fingerprint density at radius 1 is 1.14 bits per heavy atom. The summed E-state index contributed by atoms with van der Waals surface area (Å²) >= 11 is 0. The van der Waals surface area contributed by atoms with E-state index in [1.54, 1.807) is 0 Å². The minimum Gasteiger partial charge on any atom is -0.330 e. The Labute approximate surface area is 90.5 Å². The van der Waals surface area contributed by atoms with Gasteiger partial charge >= 0.3 is 0 Å². The molecule has 1 nitrogen and oxygen atoms in total. The summed E-state index contributed by atoms with van der Waals surface area (Å²) in [7, 11) is 0. The van der Waals surface area contributed by atoms with Crippen molar-refractivity contribution < 1.29 is 0 Å². The first-order valence-corrected chi connectivity index (χ1v) is 6.35.